The van der Waals surface area contributed by atoms with Gasteiger partial charge in [0.2, 0.25) is 0 Å². The molecular weight excluding hydrogens is 444 g/mol. The molecule has 3 aromatic heterocycles. The SMILES string of the molecule is Cn1c(C(=O)O)cnc1CN1CCC(n2c(=O)n(-c3ccc4ccccc4c3)c3cccnc32)C1. The predicted molar refractivity (Wildman–Crippen MR) is 132 cm³/mol. The molecule has 0 radical (unpaired) electrons. The van der Waals surface area contributed by atoms with E-state index in [4.69, 9.17) is 0 Å². The van der Waals surface area contributed by atoms with Gasteiger partial charge < -0.3 is 9.67 Å². The number of aromatic nitrogens is 5. The fourth-order valence-electron chi connectivity index (χ4n) is 5.10. The summed E-state index contributed by atoms with van der Waals surface area (Å²) in [5.74, 6) is -0.309. The van der Waals surface area contributed by atoms with Crippen LogP contribution in [0.4, 0.5) is 0 Å². The molecule has 1 atom stereocenters. The smallest absolute Gasteiger partial charge is 0.354 e. The van der Waals surface area contributed by atoms with Gasteiger partial charge in [-0.15, -0.1) is 0 Å². The number of hydrogen-bond acceptors (Lipinski definition) is 5. The van der Waals surface area contributed by atoms with Gasteiger partial charge in [-0.1, -0.05) is 30.3 Å². The molecule has 4 heterocycles. The molecule has 5 aromatic rings. The van der Waals surface area contributed by atoms with Gasteiger partial charge in [-0.25, -0.2) is 19.6 Å². The van der Waals surface area contributed by atoms with E-state index in [0.29, 0.717) is 24.6 Å². The van der Waals surface area contributed by atoms with Gasteiger partial charge in [-0.3, -0.25) is 14.0 Å². The van der Waals surface area contributed by atoms with Crippen LogP contribution in [0.3, 0.4) is 0 Å². The van der Waals surface area contributed by atoms with Crippen molar-refractivity contribution in [3.63, 3.8) is 0 Å². The fraction of sp³-hybridized carbons (Fsp3) is 0.231. The van der Waals surface area contributed by atoms with E-state index in [0.717, 1.165) is 34.9 Å². The number of likely N-dealkylation sites (tertiary alicyclic amines) is 1. The maximum atomic E-state index is 13.8. The molecule has 9 nitrogen and oxygen atoms in total. The average molecular weight is 469 g/mol. The maximum Gasteiger partial charge on any atom is 0.354 e. The molecule has 0 spiro atoms. The van der Waals surface area contributed by atoms with Crippen molar-refractivity contribution in [3.8, 4) is 5.69 Å². The summed E-state index contributed by atoms with van der Waals surface area (Å²) in [6.45, 7) is 1.95. The monoisotopic (exact) mass is 468 g/mol. The van der Waals surface area contributed by atoms with Gasteiger partial charge in [0.25, 0.3) is 0 Å². The van der Waals surface area contributed by atoms with E-state index in [1.54, 1.807) is 22.4 Å². The van der Waals surface area contributed by atoms with E-state index in [1.165, 1.54) is 6.20 Å². The number of carboxylic acids is 1. The van der Waals surface area contributed by atoms with Crippen molar-refractivity contribution in [2.75, 3.05) is 13.1 Å². The lowest BCUT2D eigenvalue weighted by Crippen LogP contribution is -2.29. The van der Waals surface area contributed by atoms with Gasteiger partial charge in [0.05, 0.1) is 30.0 Å². The first-order chi connectivity index (χ1) is 17.0. The molecule has 0 aliphatic carbocycles. The molecule has 1 aliphatic rings. The van der Waals surface area contributed by atoms with Crippen LogP contribution in [0.5, 0.6) is 0 Å². The third-order valence-electron chi connectivity index (χ3n) is 6.90. The summed E-state index contributed by atoms with van der Waals surface area (Å²) in [7, 11) is 1.71. The Labute approximate surface area is 200 Å². The first-order valence-electron chi connectivity index (χ1n) is 11.5. The lowest BCUT2D eigenvalue weighted by molar-refractivity contribution is 0.0686. The fourth-order valence-corrected chi connectivity index (χ4v) is 5.10. The number of pyridine rings is 1. The van der Waals surface area contributed by atoms with E-state index in [1.807, 2.05) is 53.1 Å². The lowest BCUT2D eigenvalue weighted by atomic mass is 10.1. The Morgan fingerprint density at radius 2 is 1.91 bits per heavy atom. The molecule has 1 fully saturated rings. The molecule has 1 aliphatic heterocycles. The summed E-state index contributed by atoms with van der Waals surface area (Å²) in [6, 6.07) is 17.9. The van der Waals surface area contributed by atoms with Crippen molar-refractivity contribution in [1.82, 2.24) is 28.6 Å². The molecule has 9 heteroatoms. The van der Waals surface area contributed by atoms with Crippen LogP contribution in [0.25, 0.3) is 27.6 Å². The molecule has 6 rings (SSSR count). The Morgan fingerprint density at radius 3 is 2.71 bits per heavy atom. The number of fused-ring (bicyclic) bond motifs is 2. The number of carboxylic acid groups (broad SMARTS) is 1. The van der Waals surface area contributed by atoms with Crippen LogP contribution in [0.15, 0.2) is 71.8 Å². The van der Waals surface area contributed by atoms with Crippen molar-refractivity contribution < 1.29 is 9.90 Å². The minimum Gasteiger partial charge on any atom is -0.477 e. The minimum atomic E-state index is -0.996. The van der Waals surface area contributed by atoms with Crippen LogP contribution >= 0.6 is 0 Å². The molecule has 0 amide bonds. The molecule has 176 valence electrons. The largest absolute Gasteiger partial charge is 0.477 e. The van der Waals surface area contributed by atoms with Crippen LogP contribution < -0.4 is 5.69 Å². The number of hydrogen-bond donors (Lipinski definition) is 1. The van der Waals surface area contributed by atoms with Gasteiger partial charge in [0, 0.05) is 26.3 Å². The summed E-state index contributed by atoms with van der Waals surface area (Å²) in [5, 5.41) is 11.5. The van der Waals surface area contributed by atoms with Gasteiger partial charge >= 0.3 is 11.7 Å². The highest BCUT2D eigenvalue weighted by molar-refractivity contribution is 5.86. The first-order valence-corrected chi connectivity index (χ1v) is 11.5. The molecule has 1 N–H and O–H groups in total. The Morgan fingerprint density at radius 1 is 1.09 bits per heavy atom. The summed E-state index contributed by atoms with van der Waals surface area (Å²) < 4.78 is 5.16. The highest BCUT2D eigenvalue weighted by atomic mass is 16.4. The molecule has 0 saturated carbocycles. The van der Waals surface area contributed by atoms with Crippen LogP contribution in [0.1, 0.15) is 28.8 Å². The number of imidazole rings is 2. The standard InChI is InChI=1S/C26H24N6O3/c1-29-22(25(33)34)14-28-23(29)16-30-12-10-20(15-30)32-24-21(7-4-11-27-24)31(26(32)35)19-9-8-17-5-2-3-6-18(17)13-19/h2-9,11,13-14,20H,10,12,15-16H2,1H3,(H,33,34). The third kappa shape index (κ3) is 3.52. The minimum absolute atomic E-state index is 0.0409. The average Bonchev–Trinajstić information content (AvgIpc) is 3.54. The van der Waals surface area contributed by atoms with Crippen LogP contribution in [-0.4, -0.2) is 52.7 Å². The summed E-state index contributed by atoms with van der Waals surface area (Å²) in [5.41, 5.74) is 2.32. The van der Waals surface area contributed by atoms with Gasteiger partial charge in [0.15, 0.2) is 5.65 Å². The Bertz CT molecular complexity index is 1650. The van der Waals surface area contributed by atoms with Crippen molar-refractivity contribution in [1.29, 1.82) is 0 Å². The second-order valence-corrected chi connectivity index (χ2v) is 8.97. The highest BCUT2D eigenvalue weighted by Crippen LogP contribution is 2.27. The Kier molecular flexibility index (Phi) is 5.00. The van der Waals surface area contributed by atoms with E-state index < -0.39 is 5.97 Å². The molecule has 0 bridgehead atoms. The summed E-state index contributed by atoms with van der Waals surface area (Å²) in [6.07, 6.45) is 3.90. The van der Waals surface area contributed by atoms with Crippen LogP contribution in [0, 0.1) is 0 Å². The van der Waals surface area contributed by atoms with E-state index in [2.05, 4.69) is 20.9 Å². The zero-order valence-electron chi connectivity index (χ0n) is 19.2. The quantitative estimate of drug-likeness (QED) is 0.425. The van der Waals surface area contributed by atoms with Crippen LogP contribution in [0.2, 0.25) is 0 Å². The number of nitrogens with zero attached hydrogens (tertiary/aromatic N) is 6. The number of carbonyl (C=O) groups is 1. The zero-order valence-corrected chi connectivity index (χ0v) is 19.2. The van der Waals surface area contributed by atoms with E-state index in [-0.39, 0.29) is 17.4 Å². The molecule has 1 saturated heterocycles. The maximum absolute atomic E-state index is 13.8. The van der Waals surface area contributed by atoms with Gasteiger partial charge in [-0.05, 0) is 41.5 Å². The highest BCUT2D eigenvalue weighted by Gasteiger charge is 2.30. The van der Waals surface area contributed by atoms with E-state index >= 15 is 0 Å². The van der Waals surface area contributed by atoms with Gasteiger partial charge in [0.1, 0.15) is 11.5 Å². The van der Waals surface area contributed by atoms with Crippen LogP contribution in [-0.2, 0) is 13.6 Å². The number of rotatable bonds is 5. The topological polar surface area (TPSA) is 98.2 Å². The summed E-state index contributed by atoms with van der Waals surface area (Å²) >= 11 is 0. The summed E-state index contributed by atoms with van der Waals surface area (Å²) in [4.78, 5) is 36.2. The van der Waals surface area contributed by atoms with Crippen molar-refractivity contribution in [2.24, 2.45) is 7.05 Å². The van der Waals surface area contributed by atoms with Crippen molar-refractivity contribution in [2.45, 2.75) is 19.0 Å². The lowest BCUT2D eigenvalue weighted by Gasteiger charge is -2.16. The molecular formula is C26H24N6O3. The molecule has 35 heavy (non-hydrogen) atoms. The first kappa shape index (κ1) is 21.3. The predicted octanol–water partition coefficient (Wildman–Crippen LogP) is 3.22. The van der Waals surface area contributed by atoms with Gasteiger partial charge in [-0.2, -0.15) is 0 Å². The van der Waals surface area contributed by atoms with Crippen molar-refractivity contribution >= 4 is 27.9 Å². The normalized spacial score (nSPS) is 16.4. The Balaban J connectivity index is 1.36. The van der Waals surface area contributed by atoms with E-state index in [9.17, 15) is 14.7 Å². The number of aromatic carboxylic acids is 1. The molecule has 1 unspecified atom stereocenters. The second kappa shape index (κ2) is 8.21. The number of benzene rings is 2. The second-order valence-electron chi connectivity index (χ2n) is 8.97. The van der Waals surface area contributed by atoms with Crippen molar-refractivity contribution in [3.05, 3.63) is 89.0 Å². The zero-order chi connectivity index (χ0) is 24.1. The third-order valence-corrected chi connectivity index (χ3v) is 6.90. The molecule has 2 aromatic carbocycles. The Hall–Kier alpha value is -4.24.